The standard InChI is InChI=1S/C21H30O3/c1-19(2)16(23)8-10-21(4)14-7-9-20(3)13(5-6-17(20)24)12(14)11-15(22)18(19)21/h12-14,18H,5-11H2,1-4H3/t12-,13-,14+,18?,20-,21+/m0/s1. The lowest BCUT2D eigenvalue weighted by atomic mass is 9.41. The van der Waals surface area contributed by atoms with Crippen molar-refractivity contribution in [3.63, 3.8) is 0 Å². The molecule has 0 aromatic rings. The van der Waals surface area contributed by atoms with Crippen LogP contribution in [0.1, 0.15) is 72.6 Å². The molecule has 6 atom stereocenters. The number of ketones is 3. The van der Waals surface area contributed by atoms with E-state index in [1.54, 1.807) is 0 Å². The fourth-order valence-corrected chi connectivity index (χ4v) is 7.52. The normalized spacial score (nSPS) is 50.2. The van der Waals surface area contributed by atoms with E-state index in [2.05, 4.69) is 13.8 Å². The summed E-state index contributed by atoms with van der Waals surface area (Å²) in [5, 5.41) is 0. The quantitative estimate of drug-likeness (QED) is 0.675. The highest BCUT2D eigenvalue weighted by atomic mass is 16.1. The molecule has 0 N–H and O–H groups in total. The summed E-state index contributed by atoms with van der Waals surface area (Å²) >= 11 is 0. The van der Waals surface area contributed by atoms with E-state index < -0.39 is 5.41 Å². The van der Waals surface area contributed by atoms with Crippen LogP contribution in [0.3, 0.4) is 0 Å². The molecule has 1 unspecified atom stereocenters. The highest BCUT2D eigenvalue weighted by molar-refractivity contribution is 5.95. The maximum absolute atomic E-state index is 13.2. The van der Waals surface area contributed by atoms with Crippen LogP contribution in [0.2, 0.25) is 0 Å². The van der Waals surface area contributed by atoms with Crippen molar-refractivity contribution in [3.8, 4) is 0 Å². The number of Topliss-reactive ketones (excluding diaryl/α,β-unsaturated/α-hetero) is 3. The Bertz CT molecular complexity index is 633. The van der Waals surface area contributed by atoms with Crippen LogP contribution < -0.4 is 0 Å². The summed E-state index contributed by atoms with van der Waals surface area (Å²) < 4.78 is 0. The van der Waals surface area contributed by atoms with Crippen molar-refractivity contribution in [2.45, 2.75) is 72.6 Å². The Kier molecular flexibility index (Phi) is 3.29. The Morgan fingerprint density at radius 2 is 1.54 bits per heavy atom. The van der Waals surface area contributed by atoms with Crippen molar-refractivity contribution >= 4 is 17.3 Å². The number of carbonyl (C=O) groups excluding carboxylic acids is 3. The van der Waals surface area contributed by atoms with Crippen molar-refractivity contribution < 1.29 is 14.4 Å². The molecule has 4 saturated carbocycles. The first-order valence-electron chi connectivity index (χ1n) is 9.71. The van der Waals surface area contributed by atoms with Gasteiger partial charge in [-0.3, -0.25) is 14.4 Å². The van der Waals surface area contributed by atoms with Gasteiger partial charge in [-0.05, 0) is 48.9 Å². The van der Waals surface area contributed by atoms with Crippen LogP contribution in [0, 0.1) is 39.9 Å². The Morgan fingerprint density at radius 1 is 0.833 bits per heavy atom. The summed E-state index contributed by atoms with van der Waals surface area (Å²) in [6, 6.07) is 0. The first-order chi connectivity index (χ1) is 11.1. The topological polar surface area (TPSA) is 51.2 Å². The Labute approximate surface area is 144 Å². The molecule has 0 bridgehead atoms. The van der Waals surface area contributed by atoms with Gasteiger partial charge in [0.1, 0.15) is 17.3 Å². The predicted molar refractivity (Wildman–Crippen MR) is 91.3 cm³/mol. The van der Waals surface area contributed by atoms with Gasteiger partial charge in [-0.1, -0.05) is 27.7 Å². The fourth-order valence-electron chi connectivity index (χ4n) is 7.52. The minimum Gasteiger partial charge on any atom is -0.299 e. The minimum absolute atomic E-state index is 0.0651. The van der Waals surface area contributed by atoms with Crippen LogP contribution >= 0.6 is 0 Å². The van der Waals surface area contributed by atoms with Crippen molar-refractivity contribution in [1.29, 1.82) is 0 Å². The highest BCUT2D eigenvalue weighted by Gasteiger charge is 2.65. The maximum Gasteiger partial charge on any atom is 0.139 e. The molecule has 0 aromatic heterocycles. The van der Waals surface area contributed by atoms with Crippen LogP contribution in [0.5, 0.6) is 0 Å². The molecule has 3 nitrogen and oxygen atoms in total. The molecule has 0 aromatic carbocycles. The molecule has 3 heteroatoms. The molecule has 4 aliphatic carbocycles. The van der Waals surface area contributed by atoms with Crippen LogP contribution in [0.25, 0.3) is 0 Å². The summed E-state index contributed by atoms with van der Waals surface area (Å²) in [7, 11) is 0. The van der Waals surface area contributed by atoms with Crippen LogP contribution in [-0.2, 0) is 14.4 Å². The number of hydrogen-bond acceptors (Lipinski definition) is 3. The zero-order valence-corrected chi connectivity index (χ0v) is 15.5. The second kappa shape index (κ2) is 4.80. The van der Waals surface area contributed by atoms with Gasteiger partial charge in [-0.25, -0.2) is 0 Å². The lowest BCUT2D eigenvalue weighted by Gasteiger charge is -2.61. The van der Waals surface area contributed by atoms with Gasteiger partial charge >= 0.3 is 0 Å². The second-order valence-corrected chi connectivity index (χ2v) is 10.0. The summed E-state index contributed by atoms with van der Waals surface area (Å²) in [4.78, 5) is 38.2. The number of carbonyl (C=O) groups is 3. The molecule has 0 heterocycles. The first-order valence-corrected chi connectivity index (χ1v) is 9.71. The van der Waals surface area contributed by atoms with Crippen molar-refractivity contribution in [2.75, 3.05) is 0 Å². The molecule has 4 rings (SSSR count). The van der Waals surface area contributed by atoms with E-state index in [0.29, 0.717) is 48.6 Å². The molecular weight excluding hydrogens is 300 g/mol. The van der Waals surface area contributed by atoms with Crippen LogP contribution in [0.4, 0.5) is 0 Å². The zero-order valence-electron chi connectivity index (χ0n) is 15.5. The molecule has 0 aliphatic heterocycles. The smallest absolute Gasteiger partial charge is 0.139 e. The van der Waals surface area contributed by atoms with Crippen molar-refractivity contribution in [1.82, 2.24) is 0 Å². The van der Waals surface area contributed by atoms with E-state index >= 15 is 0 Å². The number of hydrogen-bond donors (Lipinski definition) is 0. The van der Waals surface area contributed by atoms with Gasteiger partial charge in [0, 0.05) is 36.0 Å². The summed E-state index contributed by atoms with van der Waals surface area (Å²) in [5.74, 6) is 2.07. The average Bonchev–Trinajstić information content (AvgIpc) is 2.79. The van der Waals surface area contributed by atoms with Gasteiger partial charge in [0.05, 0.1) is 0 Å². The highest BCUT2D eigenvalue weighted by Crippen LogP contribution is 2.66. The van der Waals surface area contributed by atoms with Gasteiger partial charge in [-0.2, -0.15) is 0 Å². The van der Waals surface area contributed by atoms with Crippen LogP contribution in [0.15, 0.2) is 0 Å². The molecule has 0 saturated heterocycles. The summed E-state index contributed by atoms with van der Waals surface area (Å²) in [6.07, 6.45) is 5.74. The van der Waals surface area contributed by atoms with Crippen LogP contribution in [-0.4, -0.2) is 17.3 Å². The summed E-state index contributed by atoms with van der Waals surface area (Å²) in [5.41, 5.74) is -0.781. The summed E-state index contributed by atoms with van der Waals surface area (Å²) in [6.45, 7) is 8.40. The van der Waals surface area contributed by atoms with Gasteiger partial charge in [0.2, 0.25) is 0 Å². The molecule has 0 amide bonds. The Morgan fingerprint density at radius 3 is 2.25 bits per heavy atom. The lowest BCUT2D eigenvalue weighted by molar-refractivity contribution is -0.174. The second-order valence-electron chi connectivity index (χ2n) is 10.0. The average molecular weight is 330 g/mol. The fraction of sp³-hybridized carbons (Fsp3) is 0.857. The SMILES string of the molecule is CC1(C)C(=O)CC[C@@]2(C)C1C(=O)C[C@@H]1[C@H]2CC[C@]2(C)C(=O)CC[C@@H]12. The zero-order chi connectivity index (χ0) is 17.5. The Hall–Kier alpha value is -0.990. The molecule has 4 aliphatic rings. The first kappa shape index (κ1) is 16.5. The van der Waals surface area contributed by atoms with E-state index in [4.69, 9.17) is 0 Å². The Balaban J connectivity index is 1.75. The van der Waals surface area contributed by atoms with E-state index in [1.165, 1.54) is 0 Å². The van der Waals surface area contributed by atoms with Gasteiger partial charge < -0.3 is 0 Å². The monoisotopic (exact) mass is 330 g/mol. The van der Waals surface area contributed by atoms with Crippen molar-refractivity contribution in [2.24, 2.45) is 39.9 Å². The molecule has 0 radical (unpaired) electrons. The molecule has 132 valence electrons. The van der Waals surface area contributed by atoms with E-state index in [0.717, 1.165) is 25.7 Å². The minimum atomic E-state index is -0.526. The molecule has 24 heavy (non-hydrogen) atoms. The van der Waals surface area contributed by atoms with E-state index in [1.807, 2.05) is 13.8 Å². The third-order valence-electron chi connectivity index (χ3n) is 8.74. The molecule has 0 spiro atoms. The predicted octanol–water partition coefficient (Wildman–Crippen LogP) is 3.98. The number of fused-ring (bicyclic) bond motifs is 5. The van der Waals surface area contributed by atoms with Crippen molar-refractivity contribution in [3.05, 3.63) is 0 Å². The van der Waals surface area contributed by atoms with Gasteiger partial charge in [0.25, 0.3) is 0 Å². The van der Waals surface area contributed by atoms with E-state index in [9.17, 15) is 14.4 Å². The molecular formula is C21H30O3. The largest absolute Gasteiger partial charge is 0.299 e. The lowest BCUT2D eigenvalue weighted by Crippen LogP contribution is -2.61. The molecule has 4 fully saturated rings. The number of rotatable bonds is 0. The third kappa shape index (κ3) is 1.82. The maximum atomic E-state index is 13.2. The van der Waals surface area contributed by atoms with Gasteiger partial charge in [-0.15, -0.1) is 0 Å². The van der Waals surface area contributed by atoms with E-state index in [-0.39, 0.29) is 22.5 Å². The third-order valence-corrected chi connectivity index (χ3v) is 8.74. The van der Waals surface area contributed by atoms with Gasteiger partial charge in [0.15, 0.2) is 0 Å².